The highest BCUT2D eigenvalue weighted by Crippen LogP contribution is 2.25. The van der Waals surface area contributed by atoms with Crippen LogP contribution in [0.15, 0.2) is 42.9 Å². The fourth-order valence-electron chi connectivity index (χ4n) is 3.20. The molecule has 2 aromatic heterocycles. The molecule has 7 nitrogen and oxygen atoms in total. The van der Waals surface area contributed by atoms with Crippen LogP contribution in [0.5, 0.6) is 5.75 Å². The molecule has 33 heavy (non-hydrogen) atoms. The number of carbonyl (C=O) groups excluding carboxylic acids is 1. The Morgan fingerprint density at radius 2 is 1.88 bits per heavy atom. The first-order valence-electron chi connectivity index (χ1n) is 10.6. The second-order valence-electron chi connectivity index (χ2n) is 8.14. The lowest BCUT2D eigenvalue weighted by molar-refractivity contribution is 0.0987. The lowest BCUT2D eigenvalue weighted by Gasteiger charge is -2.14. The van der Waals surface area contributed by atoms with Crippen LogP contribution >= 0.6 is 0 Å². The quantitative estimate of drug-likeness (QED) is 0.464. The number of carbonyl (C=O) groups is 1. The third-order valence-corrected chi connectivity index (χ3v) is 5.31. The molecule has 3 aromatic rings. The molecule has 0 saturated heterocycles. The van der Waals surface area contributed by atoms with Gasteiger partial charge in [0.25, 0.3) is 0 Å². The molecule has 0 fully saturated rings. The number of hydrogen-bond acceptors (Lipinski definition) is 7. The average Bonchev–Trinajstić information content (AvgIpc) is 2.84. The van der Waals surface area contributed by atoms with E-state index in [9.17, 15) is 14.4 Å². The number of benzene rings is 1. The molecule has 0 aliphatic heterocycles. The van der Waals surface area contributed by atoms with Crippen molar-refractivity contribution in [3.05, 3.63) is 71.1 Å². The smallest absolute Gasteiger partial charge is 0.227 e. The minimum Gasteiger partial charge on any atom is -0.494 e. The number of aromatic nitrogens is 3. The maximum atomic E-state index is 14.7. The zero-order chi connectivity index (χ0) is 24.0. The van der Waals surface area contributed by atoms with Crippen molar-refractivity contribution in [1.82, 2.24) is 15.0 Å². The van der Waals surface area contributed by atoms with Crippen LogP contribution in [0.25, 0.3) is 0 Å². The van der Waals surface area contributed by atoms with Gasteiger partial charge in [-0.25, -0.2) is 14.4 Å². The number of ketones is 1. The maximum Gasteiger partial charge on any atom is 0.227 e. The molecule has 3 rings (SSSR count). The number of nitriles is 1. The summed E-state index contributed by atoms with van der Waals surface area (Å²) >= 11 is 0. The third kappa shape index (κ3) is 5.69. The predicted octanol–water partition coefficient (Wildman–Crippen LogP) is 4.94. The lowest BCUT2D eigenvalue weighted by Crippen LogP contribution is -2.15. The van der Waals surface area contributed by atoms with Gasteiger partial charge < -0.3 is 10.1 Å². The lowest BCUT2D eigenvalue weighted by atomic mass is 9.91. The molecule has 0 saturated carbocycles. The highest BCUT2D eigenvalue weighted by molar-refractivity contribution is 5.96. The molecule has 0 unspecified atom stereocenters. The van der Waals surface area contributed by atoms with Crippen LogP contribution in [0, 0.1) is 17.1 Å². The van der Waals surface area contributed by atoms with E-state index in [1.54, 1.807) is 37.6 Å². The number of pyridine rings is 1. The monoisotopic (exact) mass is 447 g/mol. The van der Waals surface area contributed by atoms with Gasteiger partial charge in [0.1, 0.15) is 0 Å². The maximum absolute atomic E-state index is 14.7. The molecule has 1 aromatic carbocycles. The summed E-state index contributed by atoms with van der Waals surface area (Å²) in [7, 11) is 1.38. The Hall–Kier alpha value is -3.86. The van der Waals surface area contributed by atoms with Crippen LogP contribution in [-0.4, -0.2) is 27.8 Å². The van der Waals surface area contributed by atoms with Crippen molar-refractivity contribution < 1.29 is 13.9 Å². The Labute approximate surface area is 192 Å². The Kier molecular flexibility index (Phi) is 7.34. The second-order valence-corrected chi connectivity index (χ2v) is 8.14. The highest BCUT2D eigenvalue weighted by atomic mass is 19.1. The molecule has 0 aliphatic rings. The number of Topliss-reactive ketones (excluding diaryl/α,β-unsaturated/α-hetero) is 1. The largest absolute Gasteiger partial charge is 0.494 e. The Balaban J connectivity index is 1.67. The van der Waals surface area contributed by atoms with Crippen LogP contribution in [0.4, 0.5) is 16.0 Å². The van der Waals surface area contributed by atoms with Gasteiger partial charge in [0.2, 0.25) is 5.95 Å². The Bertz CT molecular complexity index is 1170. The highest BCUT2D eigenvalue weighted by Gasteiger charge is 2.21. The first kappa shape index (κ1) is 23.8. The van der Waals surface area contributed by atoms with Crippen molar-refractivity contribution in [2.75, 3.05) is 12.4 Å². The van der Waals surface area contributed by atoms with E-state index in [1.165, 1.54) is 13.2 Å². The Morgan fingerprint density at radius 1 is 1.15 bits per heavy atom. The fourth-order valence-corrected chi connectivity index (χ4v) is 3.20. The zero-order valence-electron chi connectivity index (χ0n) is 19.1. The van der Waals surface area contributed by atoms with Crippen LogP contribution < -0.4 is 10.1 Å². The van der Waals surface area contributed by atoms with E-state index in [-0.39, 0.29) is 11.5 Å². The van der Waals surface area contributed by atoms with E-state index >= 15 is 0 Å². The number of anilines is 2. The predicted molar refractivity (Wildman–Crippen MR) is 123 cm³/mol. The molecule has 0 atom stereocenters. The molecule has 0 bridgehead atoms. The molecule has 0 radical (unpaired) electrons. The van der Waals surface area contributed by atoms with E-state index in [2.05, 4.69) is 26.3 Å². The summed E-state index contributed by atoms with van der Waals surface area (Å²) in [5.74, 6) is -0.0546. The summed E-state index contributed by atoms with van der Waals surface area (Å²) < 4.78 is 19.7. The molecule has 8 heteroatoms. The topological polar surface area (TPSA) is 101 Å². The first-order chi connectivity index (χ1) is 15.8. The molecule has 1 N–H and O–H groups in total. The Morgan fingerprint density at radius 3 is 2.45 bits per heavy atom. The standard InChI is InChI=1S/C25H26FN5O2/c1-5-20(32)18-10-17(23(26)21(11-18)33-4)7-6-16-12-29-24(30-13-16)31-19-8-9-22(28-14-19)25(2,3)15-27/h8-14H,5-7H2,1-4H3,(H,29,30,31). The summed E-state index contributed by atoms with van der Waals surface area (Å²) in [4.78, 5) is 25.0. The fraction of sp³-hybridized carbons (Fsp3) is 0.320. The molecule has 0 amide bonds. The summed E-state index contributed by atoms with van der Waals surface area (Å²) in [5.41, 5.74) is 2.41. The third-order valence-electron chi connectivity index (χ3n) is 5.31. The summed E-state index contributed by atoms with van der Waals surface area (Å²) in [6.07, 6.45) is 6.20. The number of ether oxygens (including phenoxy) is 1. The second kappa shape index (κ2) is 10.2. The number of rotatable bonds is 9. The average molecular weight is 448 g/mol. The molecule has 0 spiro atoms. The first-order valence-corrected chi connectivity index (χ1v) is 10.6. The van der Waals surface area contributed by atoms with Crippen LogP contribution in [0.1, 0.15) is 54.4 Å². The van der Waals surface area contributed by atoms with E-state index in [1.807, 2.05) is 19.9 Å². The van der Waals surface area contributed by atoms with Gasteiger partial charge in [0.05, 0.1) is 36.2 Å². The van der Waals surface area contributed by atoms with E-state index in [4.69, 9.17) is 4.74 Å². The van der Waals surface area contributed by atoms with Crippen LogP contribution in [0.3, 0.4) is 0 Å². The number of methoxy groups -OCH3 is 1. The minimum atomic E-state index is -0.663. The molecule has 2 heterocycles. The SMILES string of the molecule is CCC(=O)c1cc(CCc2cnc(Nc3ccc(C(C)(C)C#N)nc3)nc2)c(F)c(OC)c1. The van der Waals surface area contributed by atoms with Gasteiger partial charge in [-0.05, 0) is 62.1 Å². The van der Waals surface area contributed by atoms with Gasteiger partial charge in [0.15, 0.2) is 17.3 Å². The molecule has 0 aliphatic carbocycles. The minimum absolute atomic E-state index is 0.0629. The van der Waals surface area contributed by atoms with Gasteiger partial charge in [-0.15, -0.1) is 0 Å². The normalized spacial score (nSPS) is 11.0. The van der Waals surface area contributed by atoms with E-state index in [0.29, 0.717) is 47.7 Å². The van der Waals surface area contributed by atoms with Crippen molar-refractivity contribution >= 4 is 17.4 Å². The van der Waals surface area contributed by atoms with Gasteiger partial charge in [-0.3, -0.25) is 9.78 Å². The van der Waals surface area contributed by atoms with Gasteiger partial charge in [-0.1, -0.05) is 6.92 Å². The van der Waals surface area contributed by atoms with Crippen molar-refractivity contribution in [3.63, 3.8) is 0 Å². The van der Waals surface area contributed by atoms with Crippen molar-refractivity contribution in [2.45, 2.75) is 45.4 Å². The summed E-state index contributed by atoms with van der Waals surface area (Å²) in [6.45, 7) is 5.39. The van der Waals surface area contributed by atoms with Gasteiger partial charge >= 0.3 is 0 Å². The zero-order valence-corrected chi connectivity index (χ0v) is 19.1. The number of nitrogens with zero attached hydrogens (tertiary/aromatic N) is 4. The van der Waals surface area contributed by atoms with Crippen LogP contribution in [-0.2, 0) is 18.3 Å². The van der Waals surface area contributed by atoms with Crippen molar-refractivity contribution in [1.29, 1.82) is 5.26 Å². The van der Waals surface area contributed by atoms with Crippen molar-refractivity contribution in [3.8, 4) is 11.8 Å². The van der Waals surface area contributed by atoms with Crippen molar-refractivity contribution in [2.24, 2.45) is 0 Å². The number of nitrogens with one attached hydrogen (secondary N) is 1. The summed E-state index contributed by atoms with van der Waals surface area (Å²) in [6, 6.07) is 8.86. The summed E-state index contributed by atoms with van der Waals surface area (Å²) in [5, 5.41) is 12.3. The van der Waals surface area contributed by atoms with Crippen LogP contribution in [0.2, 0.25) is 0 Å². The van der Waals surface area contributed by atoms with Gasteiger partial charge in [0, 0.05) is 24.4 Å². The van der Waals surface area contributed by atoms with Gasteiger partial charge in [-0.2, -0.15) is 5.26 Å². The van der Waals surface area contributed by atoms with E-state index in [0.717, 1.165) is 5.56 Å². The molecular weight excluding hydrogens is 421 g/mol. The number of halogens is 1. The molecular formula is C25H26FN5O2. The number of hydrogen-bond donors (Lipinski definition) is 1. The molecule has 170 valence electrons. The van der Waals surface area contributed by atoms with E-state index < -0.39 is 11.2 Å². The number of aryl methyl sites for hydroxylation is 2.